The molecule has 0 saturated heterocycles. The van der Waals surface area contributed by atoms with E-state index in [0.717, 1.165) is 5.69 Å². The smallest absolute Gasteiger partial charge is 0.310 e. The molecule has 5 heteroatoms. The number of Topliss-reactive ketones (excluding diaryl/α,β-unsaturated/α-hetero) is 1. The molecule has 1 unspecified atom stereocenters. The summed E-state index contributed by atoms with van der Waals surface area (Å²) in [6, 6.07) is 3.49. The van der Waals surface area contributed by atoms with Crippen molar-refractivity contribution < 1.29 is 14.3 Å². The van der Waals surface area contributed by atoms with Crippen LogP contribution < -0.4 is 4.90 Å². The van der Waals surface area contributed by atoms with Crippen LogP contribution in [0.5, 0.6) is 0 Å². The number of carbonyl (C=O) groups excluding carboxylic acids is 2. The van der Waals surface area contributed by atoms with Crippen molar-refractivity contribution in [2.24, 2.45) is 5.92 Å². The average Bonchev–Trinajstić information content (AvgIpc) is 2.37. The molecule has 5 nitrogen and oxygen atoms in total. The highest BCUT2D eigenvalue weighted by molar-refractivity contribution is 5.92. The number of anilines is 1. The van der Waals surface area contributed by atoms with Crippen molar-refractivity contribution in [1.82, 2.24) is 4.98 Å². The van der Waals surface area contributed by atoms with Gasteiger partial charge in [0, 0.05) is 20.5 Å². The van der Waals surface area contributed by atoms with E-state index >= 15 is 0 Å². The number of carbonyl (C=O) groups is 2. The second-order valence-electron chi connectivity index (χ2n) is 4.26. The molecule has 98 valence electrons. The van der Waals surface area contributed by atoms with Crippen molar-refractivity contribution in [2.75, 3.05) is 25.6 Å². The summed E-state index contributed by atoms with van der Waals surface area (Å²) in [7, 11) is 3.24. The van der Waals surface area contributed by atoms with Gasteiger partial charge in [-0.15, -0.1) is 0 Å². The maximum Gasteiger partial charge on any atom is 0.310 e. The van der Waals surface area contributed by atoms with Gasteiger partial charge in [-0.3, -0.25) is 14.6 Å². The van der Waals surface area contributed by atoms with E-state index in [0.29, 0.717) is 12.2 Å². The van der Waals surface area contributed by atoms with E-state index in [1.165, 1.54) is 14.0 Å². The first kappa shape index (κ1) is 14.2. The maximum atomic E-state index is 11.3. The van der Waals surface area contributed by atoms with E-state index in [9.17, 15) is 9.59 Å². The molecule has 0 aliphatic rings. The maximum absolute atomic E-state index is 11.3. The molecule has 0 fully saturated rings. The van der Waals surface area contributed by atoms with Crippen molar-refractivity contribution >= 4 is 17.4 Å². The van der Waals surface area contributed by atoms with Crippen molar-refractivity contribution in [3.63, 3.8) is 0 Å². The number of pyridine rings is 1. The highest BCUT2D eigenvalue weighted by Gasteiger charge is 2.16. The Morgan fingerprint density at radius 2 is 2.11 bits per heavy atom. The van der Waals surface area contributed by atoms with Crippen molar-refractivity contribution in [3.05, 3.63) is 24.0 Å². The zero-order valence-corrected chi connectivity index (χ0v) is 11.1. The standard InChI is InChI=1S/C13H18N2O3/c1-9(13(17)18-4)8-15(3)11-5-6-12(10(2)16)14-7-11/h5-7,9H,8H2,1-4H3. The Morgan fingerprint density at radius 3 is 2.56 bits per heavy atom. The Balaban J connectivity index is 2.69. The molecule has 1 atom stereocenters. The summed E-state index contributed by atoms with van der Waals surface area (Å²) in [5, 5.41) is 0. The van der Waals surface area contributed by atoms with Gasteiger partial charge in [0.1, 0.15) is 5.69 Å². The third kappa shape index (κ3) is 3.55. The Morgan fingerprint density at radius 1 is 1.44 bits per heavy atom. The molecule has 1 rings (SSSR count). The first-order valence-electron chi connectivity index (χ1n) is 5.71. The number of rotatable bonds is 5. The largest absolute Gasteiger partial charge is 0.469 e. The van der Waals surface area contributed by atoms with Gasteiger partial charge in [0.05, 0.1) is 24.9 Å². The molecular weight excluding hydrogens is 232 g/mol. The normalized spacial score (nSPS) is 11.8. The quantitative estimate of drug-likeness (QED) is 0.586. The lowest BCUT2D eigenvalue weighted by molar-refractivity contribution is -0.144. The van der Waals surface area contributed by atoms with E-state index in [1.54, 1.807) is 19.2 Å². The minimum absolute atomic E-state index is 0.0628. The van der Waals surface area contributed by atoms with Crippen LogP contribution in [0.3, 0.4) is 0 Å². The van der Waals surface area contributed by atoms with Crippen LogP contribution in [0, 0.1) is 5.92 Å². The third-order valence-electron chi connectivity index (χ3n) is 2.70. The number of ketones is 1. The van der Waals surface area contributed by atoms with Gasteiger partial charge in [0.15, 0.2) is 5.78 Å². The lowest BCUT2D eigenvalue weighted by atomic mass is 10.1. The zero-order valence-electron chi connectivity index (χ0n) is 11.1. The lowest BCUT2D eigenvalue weighted by Gasteiger charge is -2.21. The summed E-state index contributed by atoms with van der Waals surface area (Å²) in [6.45, 7) is 3.82. The second-order valence-corrected chi connectivity index (χ2v) is 4.26. The highest BCUT2D eigenvalue weighted by atomic mass is 16.5. The minimum atomic E-state index is -0.241. The fourth-order valence-electron chi connectivity index (χ4n) is 1.61. The molecule has 0 saturated carbocycles. The summed E-state index contributed by atoms with van der Waals surface area (Å²) in [5.74, 6) is -0.519. The number of aromatic nitrogens is 1. The number of hydrogen-bond acceptors (Lipinski definition) is 5. The molecule has 0 aliphatic carbocycles. The van der Waals surface area contributed by atoms with Crippen LogP contribution in [-0.2, 0) is 9.53 Å². The van der Waals surface area contributed by atoms with Gasteiger partial charge in [-0.2, -0.15) is 0 Å². The van der Waals surface area contributed by atoms with Gasteiger partial charge in [-0.05, 0) is 12.1 Å². The van der Waals surface area contributed by atoms with Crippen molar-refractivity contribution in [3.8, 4) is 0 Å². The van der Waals surface area contributed by atoms with Crippen molar-refractivity contribution in [2.45, 2.75) is 13.8 Å². The molecule has 0 radical (unpaired) electrons. The molecule has 0 bridgehead atoms. The van der Waals surface area contributed by atoms with Gasteiger partial charge < -0.3 is 9.64 Å². The summed E-state index contributed by atoms with van der Waals surface area (Å²) in [5.41, 5.74) is 1.30. The van der Waals surface area contributed by atoms with Crippen LogP contribution >= 0.6 is 0 Å². The zero-order chi connectivity index (χ0) is 13.7. The van der Waals surface area contributed by atoms with Crippen LogP contribution in [0.25, 0.3) is 0 Å². The number of ether oxygens (including phenoxy) is 1. The molecule has 0 aliphatic heterocycles. The number of esters is 1. The predicted molar refractivity (Wildman–Crippen MR) is 68.7 cm³/mol. The Bertz CT molecular complexity index is 428. The summed E-state index contributed by atoms with van der Waals surface area (Å²) in [4.78, 5) is 28.4. The summed E-state index contributed by atoms with van der Waals surface area (Å²) < 4.78 is 4.67. The van der Waals surface area contributed by atoms with Crippen LogP contribution in [0.4, 0.5) is 5.69 Å². The van der Waals surface area contributed by atoms with Gasteiger partial charge in [-0.1, -0.05) is 6.92 Å². The summed E-state index contributed by atoms with van der Waals surface area (Å²) >= 11 is 0. The lowest BCUT2D eigenvalue weighted by Crippen LogP contribution is -2.29. The number of methoxy groups -OCH3 is 1. The fraction of sp³-hybridized carbons (Fsp3) is 0.462. The summed E-state index contributed by atoms with van der Waals surface area (Å²) in [6.07, 6.45) is 1.63. The molecule has 1 aromatic heterocycles. The second kappa shape index (κ2) is 6.14. The van der Waals surface area contributed by atoms with E-state index in [1.807, 2.05) is 18.0 Å². The minimum Gasteiger partial charge on any atom is -0.469 e. The Kier molecular flexibility index (Phi) is 4.83. The monoisotopic (exact) mass is 250 g/mol. The van der Waals surface area contributed by atoms with Crippen LogP contribution in [-0.4, -0.2) is 37.4 Å². The van der Waals surface area contributed by atoms with E-state index < -0.39 is 0 Å². The van der Waals surface area contributed by atoms with Crippen LogP contribution in [0.2, 0.25) is 0 Å². The van der Waals surface area contributed by atoms with E-state index in [2.05, 4.69) is 9.72 Å². The van der Waals surface area contributed by atoms with Crippen LogP contribution in [0.1, 0.15) is 24.3 Å². The van der Waals surface area contributed by atoms with Gasteiger partial charge in [0.25, 0.3) is 0 Å². The van der Waals surface area contributed by atoms with Gasteiger partial charge >= 0.3 is 5.97 Å². The molecule has 0 amide bonds. The van der Waals surface area contributed by atoms with E-state index in [-0.39, 0.29) is 17.7 Å². The molecular formula is C13H18N2O3. The van der Waals surface area contributed by atoms with E-state index in [4.69, 9.17) is 0 Å². The first-order valence-corrected chi connectivity index (χ1v) is 5.71. The van der Waals surface area contributed by atoms with Crippen LogP contribution in [0.15, 0.2) is 18.3 Å². The third-order valence-corrected chi connectivity index (χ3v) is 2.70. The van der Waals surface area contributed by atoms with Gasteiger partial charge in [-0.25, -0.2) is 0 Å². The Hall–Kier alpha value is -1.91. The highest BCUT2D eigenvalue weighted by Crippen LogP contribution is 2.13. The molecule has 18 heavy (non-hydrogen) atoms. The first-order chi connectivity index (χ1) is 8.45. The predicted octanol–water partition coefficient (Wildman–Crippen LogP) is 1.53. The Labute approximate surface area is 107 Å². The van der Waals surface area contributed by atoms with Gasteiger partial charge in [0.2, 0.25) is 0 Å². The molecule has 1 aromatic rings. The molecule has 0 spiro atoms. The number of hydrogen-bond donors (Lipinski definition) is 0. The van der Waals surface area contributed by atoms with Crippen molar-refractivity contribution in [1.29, 1.82) is 0 Å². The topological polar surface area (TPSA) is 59.5 Å². The number of nitrogens with zero attached hydrogens (tertiary/aromatic N) is 2. The fourth-order valence-corrected chi connectivity index (χ4v) is 1.61. The molecule has 0 aromatic carbocycles. The average molecular weight is 250 g/mol. The SMILES string of the molecule is COC(=O)C(C)CN(C)c1ccc(C(C)=O)nc1. The molecule has 0 N–H and O–H groups in total. The molecule has 1 heterocycles.